The first-order valence-corrected chi connectivity index (χ1v) is 9.97. The summed E-state index contributed by atoms with van der Waals surface area (Å²) in [6.07, 6.45) is 1.52. The van der Waals surface area contributed by atoms with Gasteiger partial charge in [0, 0.05) is 26.2 Å². The molecule has 2 aromatic rings. The van der Waals surface area contributed by atoms with Crippen molar-refractivity contribution in [1.82, 2.24) is 15.5 Å². The number of likely N-dealkylation sites (tertiary alicyclic amines) is 1. The van der Waals surface area contributed by atoms with E-state index in [1.807, 2.05) is 38.1 Å². The highest BCUT2D eigenvalue weighted by Crippen LogP contribution is 2.30. The fraction of sp³-hybridized carbons (Fsp3) is 0.391. The monoisotopic (exact) mass is 397 g/mol. The fourth-order valence-corrected chi connectivity index (χ4v) is 3.69. The van der Waals surface area contributed by atoms with E-state index in [0.29, 0.717) is 26.2 Å². The van der Waals surface area contributed by atoms with Gasteiger partial charge < -0.3 is 15.5 Å². The van der Waals surface area contributed by atoms with Crippen molar-refractivity contribution in [2.24, 2.45) is 5.41 Å². The molecule has 154 valence electrons. The molecular formula is C23H28FN3O2. The molecule has 1 atom stereocenters. The molecule has 2 aromatic carbocycles. The van der Waals surface area contributed by atoms with Crippen molar-refractivity contribution < 1.29 is 14.0 Å². The van der Waals surface area contributed by atoms with Gasteiger partial charge in [0.05, 0.1) is 5.41 Å². The molecule has 0 bridgehead atoms. The van der Waals surface area contributed by atoms with Crippen molar-refractivity contribution in [2.45, 2.75) is 39.8 Å². The molecule has 0 spiro atoms. The Balaban J connectivity index is 1.54. The van der Waals surface area contributed by atoms with Gasteiger partial charge in [-0.3, -0.25) is 4.79 Å². The lowest BCUT2D eigenvalue weighted by Crippen LogP contribution is -2.53. The van der Waals surface area contributed by atoms with Crippen molar-refractivity contribution in [2.75, 3.05) is 13.1 Å². The highest BCUT2D eigenvalue weighted by Gasteiger charge is 2.39. The number of benzene rings is 2. The summed E-state index contributed by atoms with van der Waals surface area (Å²) in [7, 11) is 0. The molecule has 0 saturated carbocycles. The molecule has 29 heavy (non-hydrogen) atoms. The first-order chi connectivity index (χ1) is 13.9. The van der Waals surface area contributed by atoms with Crippen molar-refractivity contribution in [3.8, 4) is 0 Å². The Morgan fingerprint density at radius 2 is 1.79 bits per heavy atom. The second-order valence-corrected chi connectivity index (χ2v) is 7.98. The van der Waals surface area contributed by atoms with Crippen LogP contribution in [0.3, 0.4) is 0 Å². The van der Waals surface area contributed by atoms with E-state index in [2.05, 4.69) is 10.6 Å². The van der Waals surface area contributed by atoms with Crippen LogP contribution in [-0.4, -0.2) is 29.9 Å². The highest BCUT2D eigenvalue weighted by atomic mass is 19.1. The van der Waals surface area contributed by atoms with E-state index in [9.17, 15) is 14.0 Å². The first-order valence-electron chi connectivity index (χ1n) is 9.97. The van der Waals surface area contributed by atoms with E-state index < -0.39 is 5.41 Å². The summed E-state index contributed by atoms with van der Waals surface area (Å²) >= 11 is 0. The largest absolute Gasteiger partial charge is 0.351 e. The van der Waals surface area contributed by atoms with Crippen molar-refractivity contribution in [3.63, 3.8) is 0 Å². The van der Waals surface area contributed by atoms with E-state index in [0.717, 1.165) is 29.5 Å². The van der Waals surface area contributed by atoms with Crippen LogP contribution in [-0.2, 0) is 17.9 Å². The summed E-state index contributed by atoms with van der Waals surface area (Å²) in [6, 6.07) is 13.8. The molecule has 0 aliphatic carbocycles. The molecule has 1 aliphatic heterocycles. The van der Waals surface area contributed by atoms with Crippen molar-refractivity contribution in [3.05, 3.63) is 71.0 Å². The Kier molecular flexibility index (Phi) is 6.52. The summed E-state index contributed by atoms with van der Waals surface area (Å²) < 4.78 is 13.0. The van der Waals surface area contributed by atoms with Gasteiger partial charge in [-0.25, -0.2) is 9.18 Å². The number of hydrogen-bond donors (Lipinski definition) is 2. The predicted octanol–water partition coefficient (Wildman–Crippen LogP) is 3.76. The standard InChI is InChI=1S/C23H28FN3O2/c1-17-6-3-4-7-19(17)15-25-21(28)23(2)12-5-13-27(16-23)22(29)26-14-18-8-10-20(24)11-9-18/h3-4,6-11H,5,12-16H2,1-2H3,(H,25,28)(H,26,29)/t23-/m0/s1. The summed E-state index contributed by atoms with van der Waals surface area (Å²) in [5, 5.41) is 5.90. The van der Waals surface area contributed by atoms with Gasteiger partial charge in [-0.05, 0) is 55.5 Å². The molecule has 1 aliphatic rings. The molecule has 6 heteroatoms. The zero-order chi connectivity index (χ0) is 20.9. The number of aryl methyl sites for hydroxylation is 1. The van der Waals surface area contributed by atoms with Crippen LogP contribution in [0.15, 0.2) is 48.5 Å². The number of urea groups is 1. The third-order valence-electron chi connectivity index (χ3n) is 5.59. The number of carbonyl (C=O) groups is 2. The van der Waals surface area contributed by atoms with Gasteiger partial charge in [-0.1, -0.05) is 36.4 Å². The number of rotatable bonds is 5. The number of nitrogens with one attached hydrogen (secondary N) is 2. The molecule has 2 N–H and O–H groups in total. The Bertz CT molecular complexity index is 869. The van der Waals surface area contributed by atoms with Crippen LogP contribution in [0.25, 0.3) is 0 Å². The summed E-state index contributed by atoms with van der Waals surface area (Å²) in [6.45, 7) is 5.75. The summed E-state index contributed by atoms with van der Waals surface area (Å²) in [5.74, 6) is -0.333. The molecule has 1 fully saturated rings. The van der Waals surface area contributed by atoms with E-state index in [-0.39, 0.29) is 17.8 Å². The molecule has 3 amide bonds. The Morgan fingerprint density at radius 1 is 1.07 bits per heavy atom. The van der Waals surface area contributed by atoms with Crippen LogP contribution < -0.4 is 10.6 Å². The van der Waals surface area contributed by atoms with E-state index in [1.165, 1.54) is 12.1 Å². The van der Waals surface area contributed by atoms with Crippen LogP contribution in [0.1, 0.15) is 36.5 Å². The number of hydrogen-bond acceptors (Lipinski definition) is 2. The Hall–Kier alpha value is -2.89. The van der Waals surface area contributed by atoms with Crippen LogP contribution in [0.5, 0.6) is 0 Å². The molecular weight excluding hydrogens is 369 g/mol. The lowest BCUT2D eigenvalue weighted by molar-refractivity contribution is -0.132. The topological polar surface area (TPSA) is 61.4 Å². The maximum Gasteiger partial charge on any atom is 0.317 e. The van der Waals surface area contributed by atoms with Gasteiger partial charge in [0.1, 0.15) is 5.82 Å². The second kappa shape index (κ2) is 9.07. The normalized spacial score (nSPS) is 18.9. The van der Waals surface area contributed by atoms with Gasteiger partial charge in [0.25, 0.3) is 0 Å². The molecule has 3 rings (SSSR count). The minimum Gasteiger partial charge on any atom is -0.351 e. The molecule has 0 aromatic heterocycles. The smallest absolute Gasteiger partial charge is 0.317 e. The molecule has 0 radical (unpaired) electrons. The van der Waals surface area contributed by atoms with E-state index >= 15 is 0 Å². The van der Waals surface area contributed by atoms with Gasteiger partial charge in [-0.15, -0.1) is 0 Å². The molecule has 0 unspecified atom stereocenters. The average Bonchev–Trinajstić information content (AvgIpc) is 2.72. The number of halogens is 1. The van der Waals surface area contributed by atoms with Crippen molar-refractivity contribution in [1.29, 1.82) is 0 Å². The Morgan fingerprint density at radius 3 is 2.52 bits per heavy atom. The van der Waals surface area contributed by atoms with Gasteiger partial charge in [0.2, 0.25) is 5.91 Å². The lowest BCUT2D eigenvalue weighted by atomic mass is 9.81. The summed E-state index contributed by atoms with van der Waals surface area (Å²) in [5.41, 5.74) is 2.45. The third kappa shape index (κ3) is 5.34. The van der Waals surface area contributed by atoms with Crippen LogP contribution >= 0.6 is 0 Å². The molecule has 5 nitrogen and oxygen atoms in total. The Labute approximate surface area is 171 Å². The molecule has 1 heterocycles. The predicted molar refractivity (Wildman–Crippen MR) is 111 cm³/mol. The van der Waals surface area contributed by atoms with Gasteiger partial charge >= 0.3 is 6.03 Å². The average molecular weight is 397 g/mol. The number of amides is 3. The zero-order valence-corrected chi connectivity index (χ0v) is 17.0. The van der Waals surface area contributed by atoms with Crippen molar-refractivity contribution >= 4 is 11.9 Å². The zero-order valence-electron chi connectivity index (χ0n) is 17.0. The van der Waals surface area contributed by atoms with Gasteiger partial charge in [0.15, 0.2) is 0 Å². The maximum absolute atomic E-state index is 13.0. The third-order valence-corrected chi connectivity index (χ3v) is 5.59. The first kappa shape index (κ1) is 20.8. The SMILES string of the molecule is Cc1ccccc1CNC(=O)[C@@]1(C)CCCN(C(=O)NCc2ccc(F)cc2)C1. The summed E-state index contributed by atoms with van der Waals surface area (Å²) in [4.78, 5) is 27.2. The molecule has 1 saturated heterocycles. The fourth-order valence-electron chi connectivity index (χ4n) is 3.69. The number of piperidine rings is 1. The maximum atomic E-state index is 13.0. The van der Waals surface area contributed by atoms with Crippen LogP contribution in [0.2, 0.25) is 0 Å². The van der Waals surface area contributed by atoms with Gasteiger partial charge in [-0.2, -0.15) is 0 Å². The van der Waals surface area contributed by atoms with E-state index in [1.54, 1.807) is 17.0 Å². The second-order valence-electron chi connectivity index (χ2n) is 7.98. The number of carbonyl (C=O) groups excluding carboxylic acids is 2. The lowest BCUT2D eigenvalue weighted by Gasteiger charge is -2.39. The highest BCUT2D eigenvalue weighted by molar-refractivity contribution is 5.84. The minimum atomic E-state index is -0.617. The van der Waals surface area contributed by atoms with Crippen LogP contribution in [0.4, 0.5) is 9.18 Å². The van der Waals surface area contributed by atoms with Crippen LogP contribution in [0, 0.1) is 18.2 Å². The minimum absolute atomic E-state index is 0.0308. The quantitative estimate of drug-likeness (QED) is 0.807. The van der Waals surface area contributed by atoms with E-state index in [4.69, 9.17) is 0 Å². The number of nitrogens with zero attached hydrogens (tertiary/aromatic N) is 1.